The van der Waals surface area contributed by atoms with Gasteiger partial charge in [-0.2, -0.15) is 5.26 Å². The molecule has 0 aromatic carbocycles. The summed E-state index contributed by atoms with van der Waals surface area (Å²) in [6, 6.07) is 2.89. The maximum atomic E-state index is 12.3. The van der Waals surface area contributed by atoms with Gasteiger partial charge in [0, 0.05) is 25.9 Å². The van der Waals surface area contributed by atoms with E-state index in [2.05, 4.69) is 31.7 Å². The number of nitriles is 1. The van der Waals surface area contributed by atoms with E-state index in [9.17, 15) is 10.1 Å². The number of piperidine rings is 1. The molecule has 1 aliphatic heterocycles. The fourth-order valence-electron chi connectivity index (χ4n) is 8.41. The number of amides is 1. The van der Waals surface area contributed by atoms with Gasteiger partial charge in [-0.25, -0.2) is 0 Å². The van der Waals surface area contributed by atoms with Crippen molar-refractivity contribution in [2.75, 3.05) is 7.05 Å². The molecule has 4 fully saturated rings. The molecule has 0 N–H and O–H groups in total. The predicted octanol–water partition coefficient (Wildman–Crippen LogP) is 5.02. The van der Waals surface area contributed by atoms with Crippen LogP contribution in [-0.4, -0.2) is 23.9 Å². The Balaban J connectivity index is 1.59. The van der Waals surface area contributed by atoms with Gasteiger partial charge in [0.1, 0.15) is 0 Å². The minimum absolute atomic E-state index is 0.323. The number of carbonyl (C=O) groups is 1. The molecule has 0 spiro atoms. The first-order valence-corrected chi connectivity index (χ1v) is 11.0. The summed E-state index contributed by atoms with van der Waals surface area (Å²) < 4.78 is 0. The van der Waals surface area contributed by atoms with Crippen LogP contribution in [0.2, 0.25) is 0 Å². The van der Waals surface area contributed by atoms with E-state index in [-0.39, 0.29) is 0 Å². The molecule has 26 heavy (non-hydrogen) atoms. The van der Waals surface area contributed by atoms with Crippen LogP contribution >= 0.6 is 0 Å². The maximum absolute atomic E-state index is 12.3. The molecule has 1 heterocycles. The SMILES string of the molecule is C[C@H](CC#N)[C@H]1CC[C@H]2[C@@H]3CC[C@H]4N(C)C(=O)CC[C@]4(C)[C@H]3CC[C@]12C. The molecular formula is C23H36N2O. The fourth-order valence-corrected chi connectivity index (χ4v) is 8.41. The van der Waals surface area contributed by atoms with Gasteiger partial charge in [-0.1, -0.05) is 20.8 Å². The lowest BCUT2D eigenvalue weighted by atomic mass is 9.46. The van der Waals surface area contributed by atoms with Crippen LogP contribution in [0.4, 0.5) is 0 Å². The minimum Gasteiger partial charge on any atom is -0.342 e. The molecule has 4 aliphatic rings. The number of hydrogen-bond donors (Lipinski definition) is 0. The highest BCUT2D eigenvalue weighted by atomic mass is 16.2. The molecule has 0 aromatic heterocycles. The zero-order chi connectivity index (χ0) is 18.7. The van der Waals surface area contributed by atoms with Gasteiger partial charge in [-0.15, -0.1) is 0 Å². The monoisotopic (exact) mass is 356 g/mol. The van der Waals surface area contributed by atoms with Crippen molar-refractivity contribution in [3.8, 4) is 6.07 Å². The summed E-state index contributed by atoms with van der Waals surface area (Å²) in [6.45, 7) is 7.38. The summed E-state index contributed by atoms with van der Waals surface area (Å²) in [5.74, 6) is 4.10. The summed E-state index contributed by atoms with van der Waals surface area (Å²) in [4.78, 5) is 14.4. The highest BCUT2D eigenvalue weighted by Crippen LogP contribution is 2.67. The summed E-state index contributed by atoms with van der Waals surface area (Å²) in [6.07, 6.45) is 10.4. The third kappa shape index (κ3) is 2.40. The first kappa shape index (κ1) is 18.3. The molecule has 8 atom stereocenters. The molecule has 0 unspecified atom stereocenters. The Morgan fingerprint density at radius 2 is 1.85 bits per heavy atom. The van der Waals surface area contributed by atoms with E-state index >= 15 is 0 Å². The fraction of sp³-hybridized carbons (Fsp3) is 0.913. The van der Waals surface area contributed by atoms with E-state index in [4.69, 9.17) is 0 Å². The van der Waals surface area contributed by atoms with Crippen LogP contribution in [0.1, 0.15) is 78.6 Å². The molecular weight excluding hydrogens is 320 g/mol. The summed E-state index contributed by atoms with van der Waals surface area (Å²) >= 11 is 0. The molecule has 0 aromatic rings. The second-order valence-corrected chi connectivity index (χ2v) is 10.5. The molecule has 3 aliphatic carbocycles. The van der Waals surface area contributed by atoms with Crippen molar-refractivity contribution >= 4 is 5.91 Å². The number of carbonyl (C=O) groups excluding carboxylic acids is 1. The molecule has 1 amide bonds. The van der Waals surface area contributed by atoms with Crippen LogP contribution in [0.3, 0.4) is 0 Å². The van der Waals surface area contributed by atoms with Crippen molar-refractivity contribution in [1.82, 2.24) is 4.90 Å². The normalized spacial score (nSPS) is 49.0. The quantitative estimate of drug-likeness (QED) is 0.697. The number of hydrogen-bond acceptors (Lipinski definition) is 2. The van der Waals surface area contributed by atoms with Crippen LogP contribution in [0, 0.1) is 51.8 Å². The summed E-state index contributed by atoms with van der Waals surface area (Å²) in [5, 5.41) is 9.19. The predicted molar refractivity (Wildman–Crippen MR) is 103 cm³/mol. The van der Waals surface area contributed by atoms with Crippen molar-refractivity contribution in [3.05, 3.63) is 0 Å². The Kier molecular flexibility index (Phi) is 4.41. The Morgan fingerprint density at radius 1 is 1.12 bits per heavy atom. The first-order chi connectivity index (χ1) is 12.3. The van der Waals surface area contributed by atoms with Gasteiger partial charge in [-0.3, -0.25) is 4.79 Å². The molecule has 3 saturated carbocycles. The second kappa shape index (κ2) is 6.25. The van der Waals surface area contributed by atoms with E-state index < -0.39 is 0 Å². The Hall–Kier alpha value is -1.04. The zero-order valence-electron chi connectivity index (χ0n) is 17.1. The number of rotatable bonds is 2. The van der Waals surface area contributed by atoms with Gasteiger partial charge in [0.2, 0.25) is 5.91 Å². The molecule has 3 heteroatoms. The Labute approximate surface area is 159 Å². The maximum Gasteiger partial charge on any atom is 0.222 e. The van der Waals surface area contributed by atoms with E-state index in [0.717, 1.165) is 36.5 Å². The van der Waals surface area contributed by atoms with Crippen LogP contribution in [-0.2, 0) is 4.79 Å². The molecule has 144 valence electrons. The van der Waals surface area contributed by atoms with Crippen molar-refractivity contribution in [2.24, 2.45) is 40.4 Å². The van der Waals surface area contributed by atoms with Gasteiger partial charge < -0.3 is 4.90 Å². The molecule has 0 radical (unpaired) electrons. The van der Waals surface area contributed by atoms with E-state index in [1.54, 1.807) is 0 Å². The van der Waals surface area contributed by atoms with Gasteiger partial charge >= 0.3 is 0 Å². The number of fused-ring (bicyclic) bond motifs is 5. The summed E-state index contributed by atoms with van der Waals surface area (Å²) in [5.41, 5.74) is 0.764. The van der Waals surface area contributed by atoms with Crippen molar-refractivity contribution in [1.29, 1.82) is 5.26 Å². The van der Waals surface area contributed by atoms with Gasteiger partial charge in [0.25, 0.3) is 0 Å². The highest BCUT2D eigenvalue weighted by molar-refractivity contribution is 5.77. The third-order valence-electron chi connectivity index (χ3n) is 9.73. The molecule has 3 nitrogen and oxygen atoms in total. The Bertz CT molecular complexity index is 624. The van der Waals surface area contributed by atoms with Crippen LogP contribution in [0.15, 0.2) is 0 Å². The molecule has 4 rings (SSSR count). The van der Waals surface area contributed by atoms with E-state index in [0.29, 0.717) is 35.1 Å². The Morgan fingerprint density at radius 3 is 2.58 bits per heavy atom. The lowest BCUT2D eigenvalue weighted by Gasteiger charge is -2.62. The van der Waals surface area contributed by atoms with Crippen LogP contribution in [0.5, 0.6) is 0 Å². The van der Waals surface area contributed by atoms with Crippen LogP contribution < -0.4 is 0 Å². The first-order valence-electron chi connectivity index (χ1n) is 11.0. The van der Waals surface area contributed by atoms with E-state index in [1.807, 2.05) is 7.05 Å². The number of nitrogens with zero attached hydrogens (tertiary/aromatic N) is 2. The zero-order valence-corrected chi connectivity index (χ0v) is 17.1. The number of likely N-dealkylation sites (tertiary alicyclic amines) is 1. The van der Waals surface area contributed by atoms with Gasteiger partial charge in [0.15, 0.2) is 0 Å². The van der Waals surface area contributed by atoms with Crippen molar-refractivity contribution < 1.29 is 4.79 Å². The lowest BCUT2D eigenvalue weighted by Crippen LogP contribution is -2.61. The third-order valence-corrected chi connectivity index (χ3v) is 9.73. The smallest absolute Gasteiger partial charge is 0.222 e. The standard InChI is InChI=1S/C23H36N2O/c1-15(11-14-24)17-6-7-18-16-5-8-20-23(3,13-10-21(26)25(20)4)19(16)9-12-22(17,18)2/h15-20H,5-13H2,1-4H3/t15-,16+,17-,18+,19+,20-,22-,23-/m1/s1. The molecule has 1 saturated heterocycles. The topological polar surface area (TPSA) is 44.1 Å². The van der Waals surface area contributed by atoms with Crippen molar-refractivity contribution in [3.63, 3.8) is 0 Å². The average molecular weight is 357 g/mol. The average Bonchev–Trinajstić information content (AvgIpc) is 2.96. The lowest BCUT2D eigenvalue weighted by molar-refractivity contribution is -0.158. The van der Waals surface area contributed by atoms with Crippen molar-refractivity contribution in [2.45, 2.75) is 84.6 Å². The highest BCUT2D eigenvalue weighted by Gasteiger charge is 2.61. The van der Waals surface area contributed by atoms with Gasteiger partial charge in [-0.05, 0) is 85.4 Å². The minimum atomic E-state index is 0.323. The summed E-state index contributed by atoms with van der Waals surface area (Å²) in [7, 11) is 2.05. The largest absolute Gasteiger partial charge is 0.342 e. The second-order valence-electron chi connectivity index (χ2n) is 10.5. The van der Waals surface area contributed by atoms with E-state index in [1.165, 1.54) is 38.5 Å². The van der Waals surface area contributed by atoms with Gasteiger partial charge in [0.05, 0.1) is 6.07 Å². The molecule has 0 bridgehead atoms. The van der Waals surface area contributed by atoms with Crippen LogP contribution in [0.25, 0.3) is 0 Å².